The Morgan fingerprint density at radius 2 is 1.52 bits per heavy atom. The molecule has 25 heavy (non-hydrogen) atoms. The molecule has 148 valence electrons. The molecule has 0 aromatic heterocycles. The largest absolute Gasteiger partial charge is 0.550 e. The van der Waals surface area contributed by atoms with Crippen LogP contribution >= 0.6 is 0 Å². The highest BCUT2D eigenvalue weighted by atomic mass is 16.5. The molecule has 0 N–H and O–H groups in total. The number of aliphatic carboxylic acids is 1. The summed E-state index contributed by atoms with van der Waals surface area (Å²) in [6.07, 6.45) is 9.37. The number of ether oxygens (including phenoxy) is 1. The van der Waals surface area contributed by atoms with Gasteiger partial charge in [-0.1, -0.05) is 65.2 Å². The number of carbonyl (C=O) groups is 2. The summed E-state index contributed by atoms with van der Waals surface area (Å²) in [5, 5.41) is 10.9. The van der Waals surface area contributed by atoms with Gasteiger partial charge in [-0.3, -0.25) is 4.79 Å². The van der Waals surface area contributed by atoms with E-state index in [0.29, 0.717) is 17.4 Å². The minimum Gasteiger partial charge on any atom is -0.550 e. The van der Waals surface area contributed by atoms with E-state index < -0.39 is 12.1 Å². The fraction of sp³-hybridized carbons (Fsp3) is 0.900. The summed E-state index contributed by atoms with van der Waals surface area (Å²) in [4.78, 5) is 23.0. The summed E-state index contributed by atoms with van der Waals surface area (Å²) in [5.74, 6) is -1.20. The van der Waals surface area contributed by atoms with Gasteiger partial charge in [-0.05, 0) is 5.92 Å². The highest BCUT2D eigenvalue weighted by Gasteiger charge is 2.23. The minimum atomic E-state index is -1.18. The van der Waals surface area contributed by atoms with Crippen LogP contribution in [0.5, 0.6) is 0 Å². The smallest absolute Gasteiger partial charge is 0.306 e. The number of nitrogens with zero attached hydrogens (tertiary/aromatic N) is 1. The first-order chi connectivity index (χ1) is 11.6. The Bertz CT molecular complexity index is 376. The predicted octanol–water partition coefficient (Wildman–Crippen LogP) is 2.91. The van der Waals surface area contributed by atoms with Crippen LogP contribution in [-0.2, 0) is 14.3 Å². The maximum Gasteiger partial charge on any atom is 0.306 e. The first-order valence-electron chi connectivity index (χ1n) is 9.83. The predicted molar refractivity (Wildman–Crippen MR) is 98.8 cm³/mol. The van der Waals surface area contributed by atoms with Gasteiger partial charge < -0.3 is 19.1 Å². The van der Waals surface area contributed by atoms with Crippen molar-refractivity contribution >= 4 is 11.9 Å². The van der Waals surface area contributed by atoms with E-state index in [2.05, 4.69) is 13.8 Å². The number of carboxylic acids is 1. The Morgan fingerprint density at radius 1 is 0.960 bits per heavy atom. The van der Waals surface area contributed by atoms with Crippen LogP contribution in [0.2, 0.25) is 0 Å². The maximum absolute atomic E-state index is 12.1. The third-order valence-corrected chi connectivity index (χ3v) is 4.26. The lowest BCUT2D eigenvalue weighted by Gasteiger charge is -2.29. The molecule has 0 saturated carbocycles. The summed E-state index contributed by atoms with van der Waals surface area (Å²) in [5.41, 5.74) is 0. The molecule has 0 aromatic carbocycles. The van der Waals surface area contributed by atoms with Gasteiger partial charge in [0.05, 0.1) is 21.1 Å². The molecule has 5 heteroatoms. The Labute approximate surface area is 154 Å². The maximum atomic E-state index is 12.1. The van der Waals surface area contributed by atoms with Crippen LogP contribution in [0.3, 0.4) is 0 Å². The van der Waals surface area contributed by atoms with E-state index in [9.17, 15) is 14.7 Å². The van der Waals surface area contributed by atoms with Crippen LogP contribution < -0.4 is 5.11 Å². The molecule has 0 rings (SSSR count). The average molecular weight is 358 g/mol. The molecular weight excluding hydrogens is 318 g/mol. The molecule has 0 aliphatic heterocycles. The third kappa shape index (κ3) is 16.1. The first kappa shape index (κ1) is 23.9. The molecule has 0 radical (unpaired) electrons. The molecule has 0 bridgehead atoms. The lowest BCUT2D eigenvalue weighted by molar-refractivity contribution is -0.873. The molecule has 0 amide bonds. The molecule has 0 spiro atoms. The number of carbonyl (C=O) groups excluding carboxylic acids is 2. The second-order valence-electron chi connectivity index (χ2n) is 8.38. The van der Waals surface area contributed by atoms with E-state index in [0.717, 1.165) is 12.8 Å². The molecule has 0 heterocycles. The number of likely N-dealkylation sites (N-methyl/N-ethyl adjacent to an activating group) is 1. The van der Waals surface area contributed by atoms with Crippen molar-refractivity contribution in [3.05, 3.63) is 0 Å². The molecule has 0 saturated heterocycles. The van der Waals surface area contributed by atoms with E-state index in [-0.39, 0.29) is 18.3 Å². The zero-order valence-corrected chi connectivity index (χ0v) is 17.0. The number of carboxylic acid groups (broad SMARTS) is 1. The van der Waals surface area contributed by atoms with E-state index in [1.807, 2.05) is 21.1 Å². The topological polar surface area (TPSA) is 66.4 Å². The summed E-state index contributed by atoms with van der Waals surface area (Å²) in [6.45, 7) is 4.75. The van der Waals surface area contributed by atoms with Gasteiger partial charge in [0.25, 0.3) is 0 Å². The molecule has 5 nitrogen and oxygen atoms in total. The quantitative estimate of drug-likeness (QED) is 0.257. The minimum absolute atomic E-state index is 0.243. The fourth-order valence-corrected chi connectivity index (χ4v) is 3.01. The number of quaternary nitrogens is 1. The molecular formula is C20H39NO4. The monoisotopic (exact) mass is 357 g/mol. The first-order valence-corrected chi connectivity index (χ1v) is 9.83. The molecule has 0 aliphatic carbocycles. The van der Waals surface area contributed by atoms with E-state index in [4.69, 9.17) is 4.74 Å². The fourth-order valence-electron chi connectivity index (χ4n) is 3.01. The van der Waals surface area contributed by atoms with E-state index in [1.165, 1.54) is 38.5 Å². The number of rotatable bonds is 15. The van der Waals surface area contributed by atoms with Crippen LogP contribution in [-0.4, -0.2) is 50.2 Å². The van der Waals surface area contributed by atoms with Crippen molar-refractivity contribution < 1.29 is 23.9 Å². The number of unbranched alkanes of at least 4 members (excludes halogenated alkanes) is 6. The normalized spacial score (nSPS) is 14.1. The highest BCUT2D eigenvalue weighted by molar-refractivity contribution is 5.71. The van der Waals surface area contributed by atoms with Crippen LogP contribution in [0.25, 0.3) is 0 Å². The summed E-state index contributed by atoms with van der Waals surface area (Å²) in [7, 11) is 5.83. The second kappa shape index (κ2) is 13.2. The van der Waals surface area contributed by atoms with Gasteiger partial charge in [-0.15, -0.1) is 0 Å². The van der Waals surface area contributed by atoms with Gasteiger partial charge in [0.1, 0.15) is 6.54 Å². The Hall–Kier alpha value is -1.10. The van der Waals surface area contributed by atoms with Crippen molar-refractivity contribution in [1.82, 2.24) is 0 Å². The molecule has 2 atom stereocenters. The standard InChI is InChI=1S/C20H39NO4/c1-6-7-8-9-10-11-12-13-17(2)14-20(24)25-18(15-19(22)23)16-21(3,4)5/h17-18H,6-16H2,1-5H3. The van der Waals surface area contributed by atoms with E-state index in [1.54, 1.807) is 0 Å². The summed E-state index contributed by atoms with van der Waals surface area (Å²) >= 11 is 0. The zero-order valence-electron chi connectivity index (χ0n) is 17.0. The van der Waals surface area contributed by atoms with Crippen molar-refractivity contribution in [2.24, 2.45) is 5.92 Å². The summed E-state index contributed by atoms with van der Waals surface area (Å²) < 4.78 is 5.94. The number of hydrogen-bond donors (Lipinski definition) is 0. The van der Waals surface area contributed by atoms with Gasteiger partial charge in [-0.25, -0.2) is 0 Å². The van der Waals surface area contributed by atoms with Crippen molar-refractivity contribution in [1.29, 1.82) is 0 Å². The SMILES string of the molecule is CCCCCCCCCC(C)CC(=O)OC(CC(=O)[O-])C[N+](C)(C)C. The number of esters is 1. The molecule has 0 fully saturated rings. The van der Waals surface area contributed by atoms with Crippen molar-refractivity contribution in [3.63, 3.8) is 0 Å². The van der Waals surface area contributed by atoms with Gasteiger partial charge >= 0.3 is 5.97 Å². The van der Waals surface area contributed by atoms with Gasteiger partial charge in [-0.2, -0.15) is 0 Å². The second-order valence-corrected chi connectivity index (χ2v) is 8.38. The molecule has 2 unspecified atom stereocenters. The average Bonchev–Trinajstić information content (AvgIpc) is 2.43. The van der Waals surface area contributed by atoms with Crippen LogP contribution in [0.4, 0.5) is 0 Å². The van der Waals surface area contributed by atoms with Gasteiger partial charge in [0.15, 0.2) is 6.10 Å². The van der Waals surface area contributed by atoms with Gasteiger partial charge in [0, 0.05) is 18.8 Å². The van der Waals surface area contributed by atoms with Gasteiger partial charge in [0.2, 0.25) is 0 Å². The van der Waals surface area contributed by atoms with Crippen molar-refractivity contribution in [2.45, 2.75) is 84.2 Å². The van der Waals surface area contributed by atoms with Crippen molar-refractivity contribution in [2.75, 3.05) is 27.7 Å². The highest BCUT2D eigenvalue weighted by Crippen LogP contribution is 2.16. The summed E-state index contributed by atoms with van der Waals surface area (Å²) in [6, 6.07) is 0. The van der Waals surface area contributed by atoms with Crippen LogP contribution in [0.1, 0.15) is 78.1 Å². The number of hydrogen-bond acceptors (Lipinski definition) is 4. The van der Waals surface area contributed by atoms with E-state index >= 15 is 0 Å². The van der Waals surface area contributed by atoms with Crippen LogP contribution in [0.15, 0.2) is 0 Å². The Balaban J connectivity index is 4.04. The molecule has 0 aliphatic rings. The lowest BCUT2D eigenvalue weighted by Crippen LogP contribution is -2.45. The van der Waals surface area contributed by atoms with Crippen LogP contribution in [0, 0.1) is 5.92 Å². The lowest BCUT2D eigenvalue weighted by atomic mass is 9.99. The molecule has 0 aromatic rings. The zero-order chi connectivity index (χ0) is 19.3. The van der Waals surface area contributed by atoms with Crippen molar-refractivity contribution in [3.8, 4) is 0 Å². The third-order valence-electron chi connectivity index (χ3n) is 4.26. The Morgan fingerprint density at radius 3 is 2.04 bits per heavy atom. The Kier molecular flexibility index (Phi) is 12.6.